The summed E-state index contributed by atoms with van der Waals surface area (Å²) < 4.78 is 0. The zero-order valence-corrected chi connectivity index (χ0v) is 14.7. The molecule has 1 aliphatic carbocycles. The van der Waals surface area contributed by atoms with E-state index in [0.717, 1.165) is 16.0 Å². The molecule has 0 fully saturated rings. The summed E-state index contributed by atoms with van der Waals surface area (Å²) in [6, 6.07) is 16.7. The molecule has 3 N–H and O–H groups in total. The molecule has 0 amide bonds. The van der Waals surface area contributed by atoms with Gasteiger partial charge in [-0.1, -0.05) is 54.9 Å². The molecule has 0 heterocycles. The number of benzene rings is 3. The highest BCUT2D eigenvalue weighted by molar-refractivity contribution is 6.37. The standard InChI is InChI=1S/C21H20ClNO2/c1-12(11-24)21(25)23-10-13-5-6-14-15-3-2-4-17-19(22)8-7-16(20(15)17)18(14)9-13/h2-9,12,21,23-25H,10-11H2,1H3. The van der Waals surface area contributed by atoms with Gasteiger partial charge in [0.1, 0.15) is 6.23 Å². The molecule has 0 saturated heterocycles. The number of fused-ring (bicyclic) bond motifs is 3. The molecule has 0 radical (unpaired) electrons. The molecule has 25 heavy (non-hydrogen) atoms. The van der Waals surface area contributed by atoms with E-state index in [9.17, 15) is 5.11 Å². The average molecular weight is 354 g/mol. The third-order valence-corrected chi connectivity index (χ3v) is 5.32. The van der Waals surface area contributed by atoms with E-state index in [1.807, 2.05) is 12.1 Å². The molecule has 0 saturated carbocycles. The predicted molar refractivity (Wildman–Crippen MR) is 102 cm³/mol. The van der Waals surface area contributed by atoms with Gasteiger partial charge in [0.2, 0.25) is 0 Å². The molecule has 0 spiro atoms. The fourth-order valence-corrected chi connectivity index (χ4v) is 3.72. The molecule has 2 unspecified atom stereocenters. The first-order valence-electron chi connectivity index (χ1n) is 8.47. The summed E-state index contributed by atoms with van der Waals surface area (Å²) in [4.78, 5) is 0. The van der Waals surface area contributed by atoms with E-state index in [4.69, 9.17) is 16.7 Å². The van der Waals surface area contributed by atoms with Crippen molar-refractivity contribution >= 4 is 22.4 Å². The van der Waals surface area contributed by atoms with Crippen LogP contribution in [0.1, 0.15) is 12.5 Å². The molecule has 4 rings (SSSR count). The number of halogens is 1. The largest absolute Gasteiger partial charge is 0.396 e. The monoisotopic (exact) mass is 353 g/mol. The summed E-state index contributed by atoms with van der Waals surface area (Å²) in [5.41, 5.74) is 5.94. The second-order valence-electron chi connectivity index (χ2n) is 6.69. The summed E-state index contributed by atoms with van der Waals surface area (Å²) in [5, 5.41) is 25.2. The van der Waals surface area contributed by atoms with Crippen molar-refractivity contribution in [2.24, 2.45) is 5.92 Å². The molecule has 0 aliphatic heterocycles. The maximum atomic E-state index is 9.98. The summed E-state index contributed by atoms with van der Waals surface area (Å²) in [6.45, 7) is 2.31. The van der Waals surface area contributed by atoms with Crippen LogP contribution in [-0.4, -0.2) is 23.0 Å². The second-order valence-corrected chi connectivity index (χ2v) is 7.10. The lowest BCUT2D eigenvalue weighted by Crippen LogP contribution is -2.35. The minimum atomic E-state index is -0.724. The Morgan fingerprint density at radius 3 is 2.56 bits per heavy atom. The molecule has 3 nitrogen and oxygen atoms in total. The first kappa shape index (κ1) is 16.6. The average Bonchev–Trinajstić information content (AvgIpc) is 2.96. The number of nitrogens with one attached hydrogen (secondary N) is 1. The van der Waals surface area contributed by atoms with Gasteiger partial charge in [-0.15, -0.1) is 0 Å². The highest BCUT2D eigenvalue weighted by Gasteiger charge is 2.22. The van der Waals surface area contributed by atoms with Gasteiger partial charge in [0.15, 0.2) is 0 Å². The van der Waals surface area contributed by atoms with Crippen LogP contribution in [0.3, 0.4) is 0 Å². The van der Waals surface area contributed by atoms with Gasteiger partial charge in [-0.05, 0) is 45.3 Å². The first-order valence-corrected chi connectivity index (χ1v) is 8.85. The number of aliphatic hydroxyl groups is 2. The lowest BCUT2D eigenvalue weighted by molar-refractivity contribution is 0.0494. The van der Waals surface area contributed by atoms with Crippen molar-refractivity contribution in [1.82, 2.24) is 5.32 Å². The van der Waals surface area contributed by atoms with Gasteiger partial charge < -0.3 is 10.2 Å². The van der Waals surface area contributed by atoms with Gasteiger partial charge in [-0.2, -0.15) is 0 Å². The molecule has 0 aromatic heterocycles. The van der Waals surface area contributed by atoms with E-state index in [1.54, 1.807) is 6.92 Å². The van der Waals surface area contributed by atoms with Crippen LogP contribution in [0.5, 0.6) is 0 Å². The Hall–Kier alpha value is -1.91. The van der Waals surface area contributed by atoms with Crippen LogP contribution in [-0.2, 0) is 6.54 Å². The van der Waals surface area contributed by atoms with E-state index in [0.29, 0.717) is 6.54 Å². The predicted octanol–water partition coefficient (Wildman–Crippen LogP) is 4.18. The van der Waals surface area contributed by atoms with Crippen LogP contribution in [0.2, 0.25) is 5.02 Å². The van der Waals surface area contributed by atoms with Crippen LogP contribution < -0.4 is 5.32 Å². The highest BCUT2D eigenvalue weighted by Crippen LogP contribution is 2.48. The Kier molecular flexibility index (Phi) is 4.26. The molecule has 4 heteroatoms. The van der Waals surface area contributed by atoms with Crippen molar-refractivity contribution in [3.8, 4) is 22.3 Å². The minimum Gasteiger partial charge on any atom is -0.396 e. The third-order valence-electron chi connectivity index (χ3n) is 4.99. The molecule has 128 valence electrons. The van der Waals surface area contributed by atoms with Gasteiger partial charge in [-0.3, -0.25) is 5.32 Å². The Morgan fingerprint density at radius 1 is 1.00 bits per heavy atom. The van der Waals surface area contributed by atoms with E-state index in [-0.39, 0.29) is 12.5 Å². The van der Waals surface area contributed by atoms with Gasteiger partial charge in [0.05, 0.1) is 0 Å². The lowest BCUT2D eigenvalue weighted by atomic mass is 10.0. The van der Waals surface area contributed by atoms with Crippen LogP contribution >= 0.6 is 11.6 Å². The Balaban J connectivity index is 1.70. The summed E-state index contributed by atoms with van der Waals surface area (Å²) in [5.74, 6) is -0.199. The van der Waals surface area contributed by atoms with Gasteiger partial charge in [0, 0.05) is 29.5 Å². The minimum absolute atomic E-state index is 0.0452. The first-order chi connectivity index (χ1) is 12.1. The second kappa shape index (κ2) is 6.43. The zero-order valence-electron chi connectivity index (χ0n) is 14.0. The molecule has 1 aliphatic rings. The van der Waals surface area contributed by atoms with Gasteiger partial charge >= 0.3 is 0 Å². The van der Waals surface area contributed by atoms with E-state index in [1.165, 1.54) is 27.6 Å². The van der Waals surface area contributed by atoms with Crippen molar-refractivity contribution in [1.29, 1.82) is 0 Å². The van der Waals surface area contributed by atoms with E-state index in [2.05, 4.69) is 41.7 Å². The maximum Gasteiger partial charge on any atom is 0.109 e. The van der Waals surface area contributed by atoms with Crippen molar-refractivity contribution in [2.45, 2.75) is 19.7 Å². The van der Waals surface area contributed by atoms with Crippen molar-refractivity contribution < 1.29 is 10.2 Å². The maximum absolute atomic E-state index is 9.98. The summed E-state index contributed by atoms with van der Waals surface area (Å²) >= 11 is 6.37. The number of aliphatic hydroxyl groups excluding tert-OH is 2. The fraction of sp³-hybridized carbons (Fsp3) is 0.238. The smallest absolute Gasteiger partial charge is 0.109 e. The molecular formula is C21H20ClNO2. The molecule has 3 aromatic rings. The van der Waals surface area contributed by atoms with Crippen LogP contribution in [0.15, 0.2) is 48.5 Å². The quantitative estimate of drug-likeness (QED) is 0.472. The topological polar surface area (TPSA) is 52.5 Å². The Labute approximate surface area is 151 Å². The summed E-state index contributed by atoms with van der Waals surface area (Å²) in [6.07, 6.45) is -0.724. The number of hydrogen-bond donors (Lipinski definition) is 3. The number of rotatable bonds is 5. The Morgan fingerprint density at radius 2 is 1.76 bits per heavy atom. The fourth-order valence-electron chi connectivity index (χ4n) is 3.50. The lowest BCUT2D eigenvalue weighted by Gasteiger charge is -2.18. The van der Waals surface area contributed by atoms with Gasteiger partial charge in [0.25, 0.3) is 0 Å². The van der Waals surface area contributed by atoms with Gasteiger partial charge in [-0.25, -0.2) is 0 Å². The van der Waals surface area contributed by atoms with Crippen molar-refractivity contribution in [3.63, 3.8) is 0 Å². The number of hydrogen-bond acceptors (Lipinski definition) is 3. The molecule has 3 aromatic carbocycles. The van der Waals surface area contributed by atoms with E-state index >= 15 is 0 Å². The molecule has 0 bridgehead atoms. The third kappa shape index (κ3) is 2.74. The molecule has 2 atom stereocenters. The van der Waals surface area contributed by atoms with E-state index < -0.39 is 6.23 Å². The Bertz CT molecular complexity index is 954. The zero-order chi connectivity index (χ0) is 17.6. The molecular weight excluding hydrogens is 334 g/mol. The van der Waals surface area contributed by atoms with Crippen LogP contribution in [0, 0.1) is 5.92 Å². The van der Waals surface area contributed by atoms with Crippen molar-refractivity contribution in [2.75, 3.05) is 6.61 Å². The summed E-state index contributed by atoms with van der Waals surface area (Å²) in [7, 11) is 0. The normalized spacial score (nSPS) is 14.6. The van der Waals surface area contributed by atoms with Crippen LogP contribution in [0.4, 0.5) is 0 Å². The SMILES string of the molecule is CC(CO)C(O)NCc1ccc2c(c1)-c1ccc(Cl)c3cccc-2c13. The highest BCUT2D eigenvalue weighted by atomic mass is 35.5. The van der Waals surface area contributed by atoms with Crippen LogP contribution in [0.25, 0.3) is 33.0 Å². The van der Waals surface area contributed by atoms with Crippen molar-refractivity contribution in [3.05, 3.63) is 59.1 Å².